The van der Waals surface area contributed by atoms with Gasteiger partial charge in [-0.25, -0.2) is 9.97 Å². The Labute approximate surface area is 113 Å². The van der Waals surface area contributed by atoms with Crippen LogP contribution in [-0.4, -0.2) is 35.5 Å². The van der Waals surface area contributed by atoms with Crippen LogP contribution < -0.4 is 16.0 Å². The molecule has 0 spiro atoms. The molecular weight excluding hydrogens is 242 g/mol. The molecule has 0 bridgehead atoms. The monoisotopic (exact) mass is 263 g/mol. The van der Waals surface area contributed by atoms with Crippen molar-refractivity contribution < 1.29 is 4.79 Å². The van der Waals surface area contributed by atoms with Crippen LogP contribution in [0.4, 0.5) is 11.6 Å². The van der Waals surface area contributed by atoms with Crippen LogP contribution in [0.2, 0.25) is 0 Å². The molecule has 19 heavy (non-hydrogen) atoms. The van der Waals surface area contributed by atoms with Gasteiger partial charge in [0.05, 0.1) is 6.54 Å². The van der Waals surface area contributed by atoms with E-state index in [0.29, 0.717) is 31.4 Å². The van der Waals surface area contributed by atoms with Crippen molar-refractivity contribution in [2.75, 3.05) is 30.3 Å². The maximum atomic E-state index is 11.7. The second kappa shape index (κ2) is 5.86. The van der Waals surface area contributed by atoms with Gasteiger partial charge in [0.2, 0.25) is 5.91 Å². The summed E-state index contributed by atoms with van der Waals surface area (Å²) in [5, 5.41) is 2.79. The van der Waals surface area contributed by atoms with E-state index in [-0.39, 0.29) is 5.91 Å². The summed E-state index contributed by atoms with van der Waals surface area (Å²) in [5.74, 6) is 2.47. The lowest BCUT2D eigenvalue weighted by Crippen LogP contribution is -2.37. The number of nitrogens with zero attached hydrogens (tertiary/aromatic N) is 3. The van der Waals surface area contributed by atoms with E-state index >= 15 is 0 Å². The number of hydrogen-bond donors (Lipinski definition) is 2. The Morgan fingerprint density at radius 2 is 2.21 bits per heavy atom. The van der Waals surface area contributed by atoms with E-state index in [4.69, 9.17) is 5.73 Å². The number of aromatic nitrogens is 2. The van der Waals surface area contributed by atoms with Crippen LogP contribution in [0, 0.1) is 0 Å². The van der Waals surface area contributed by atoms with Crippen LogP contribution in [-0.2, 0) is 4.79 Å². The van der Waals surface area contributed by atoms with E-state index in [1.807, 2.05) is 18.7 Å². The molecule has 1 aliphatic carbocycles. The molecule has 0 unspecified atom stereocenters. The molecule has 0 atom stereocenters. The maximum Gasteiger partial charge on any atom is 0.239 e. The Morgan fingerprint density at radius 3 is 2.79 bits per heavy atom. The minimum Gasteiger partial charge on any atom is -0.384 e. The lowest BCUT2D eigenvalue weighted by atomic mass is 10.3. The Balaban J connectivity index is 2.15. The fraction of sp³-hybridized carbons (Fsp3) is 0.615. The zero-order valence-electron chi connectivity index (χ0n) is 11.5. The quantitative estimate of drug-likeness (QED) is 0.796. The normalized spacial score (nSPS) is 14.2. The number of rotatable bonds is 6. The minimum atomic E-state index is -0.00509. The molecule has 0 aromatic carbocycles. The Bertz CT molecular complexity index is 458. The predicted molar refractivity (Wildman–Crippen MR) is 75.0 cm³/mol. The van der Waals surface area contributed by atoms with Gasteiger partial charge in [-0.05, 0) is 26.7 Å². The SMILES string of the molecule is CCNC(=O)CN(CC)c1cc(N)nc(C2CC2)n1. The molecule has 2 rings (SSSR count). The van der Waals surface area contributed by atoms with Crippen molar-refractivity contribution in [3.05, 3.63) is 11.9 Å². The molecule has 1 amide bonds. The van der Waals surface area contributed by atoms with Gasteiger partial charge in [0.1, 0.15) is 17.5 Å². The summed E-state index contributed by atoms with van der Waals surface area (Å²) in [5.41, 5.74) is 5.83. The topological polar surface area (TPSA) is 84.1 Å². The highest BCUT2D eigenvalue weighted by Gasteiger charge is 2.27. The number of nitrogen functional groups attached to an aromatic ring is 1. The summed E-state index contributed by atoms with van der Waals surface area (Å²) in [6, 6.07) is 1.73. The molecular formula is C13H21N5O. The standard InChI is InChI=1S/C13H21N5O/c1-3-15-12(19)8-18(4-2)11-7-10(14)16-13(17-11)9-5-6-9/h7,9H,3-6,8H2,1-2H3,(H,15,19)(H2,14,16,17). The van der Waals surface area contributed by atoms with Gasteiger partial charge in [-0.2, -0.15) is 0 Å². The van der Waals surface area contributed by atoms with Gasteiger partial charge in [-0.1, -0.05) is 0 Å². The fourth-order valence-electron chi connectivity index (χ4n) is 1.94. The number of nitrogens with one attached hydrogen (secondary N) is 1. The van der Waals surface area contributed by atoms with Crippen molar-refractivity contribution in [3.63, 3.8) is 0 Å². The molecule has 6 nitrogen and oxygen atoms in total. The van der Waals surface area contributed by atoms with Gasteiger partial charge >= 0.3 is 0 Å². The second-order valence-corrected chi connectivity index (χ2v) is 4.75. The molecule has 104 valence electrons. The van der Waals surface area contributed by atoms with E-state index in [1.54, 1.807) is 6.07 Å². The number of likely N-dealkylation sites (N-methyl/N-ethyl adjacent to an activating group) is 2. The Hall–Kier alpha value is -1.85. The van der Waals surface area contributed by atoms with Gasteiger partial charge in [0.25, 0.3) is 0 Å². The first-order valence-corrected chi connectivity index (χ1v) is 6.80. The number of carbonyl (C=O) groups is 1. The third kappa shape index (κ3) is 3.56. The predicted octanol–water partition coefficient (Wildman–Crippen LogP) is 0.899. The average Bonchev–Trinajstić information content (AvgIpc) is 3.19. The number of anilines is 2. The largest absolute Gasteiger partial charge is 0.384 e. The summed E-state index contributed by atoms with van der Waals surface area (Å²) in [6.07, 6.45) is 2.26. The molecule has 1 heterocycles. The third-order valence-corrected chi connectivity index (χ3v) is 3.11. The minimum absolute atomic E-state index is 0.00509. The summed E-state index contributed by atoms with van der Waals surface area (Å²) in [6.45, 7) is 5.54. The van der Waals surface area contributed by atoms with E-state index in [9.17, 15) is 4.79 Å². The number of nitrogens with two attached hydrogens (primary N) is 1. The van der Waals surface area contributed by atoms with Crippen molar-refractivity contribution in [1.82, 2.24) is 15.3 Å². The smallest absolute Gasteiger partial charge is 0.239 e. The first kappa shape index (κ1) is 13.6. The van der Waals surface area contributed by atoms with Crippen LogP contribution in [0.25, 0.3) is 0 Å². The summed E-state index contributed by atoms with van der Waals surface area (Å²) in [4.78, 5) is 22.4. The molecule has 1 aromatic rings. The van der Waals surface area contributed by atoms with E-state index in [0.717, 1.165) is 24.5 Å². The average molecular weight is 263 g/mol. The van der Waals surface area contributed by atoms with Crippen molar-refractivity contribution in [3.8, 4) is 0 Å². The van der Waals surface area contributed by atoms with Crippen LogP contribution in [0.15, 0.2) is 6.07 Å². The molecule has 6 heteroatoms. The van der Waals surface area contributed by atoms with Crippen LogP contribution >= 0.6 is 0 Å². The molecule has 3 N–H and O–H groups in total. The second-order valence-electron chi connectivity index (χ2n) is 4.75. The zero-order valence-corrected chi connectivity index (χ0v) is 11.5. The highest BCUT2D eigenvalue weighted by molar-refractivity contribution is 5.81. The van der Waals surface area contributed by atoms with Gasteiger partial charge in [-0.3, -0.25) is 4.79 Å². The first-order chi connectivity index (χ1) is 9.13. The maximum absolute atomic E-state index is 11.7. The van der Waals surface area contributed by atoms with E-state index < -0.39 is 0 Å². The number of amides is 1. The van der Waals surface area contributed by atoms with E-state index in [1.165, 1.54) is 0 Å². The third-order valence-electron chi connectivity index (χ3n) is 3.11. The number of hydrogen-bond acceptors (Lipinski definition) is 5. The van der Waals surface area contributed by atoms with Crippen molar-refractivity contribution in [2.45, 2.75) is 32.6 Å². The van der Waals surface area contributed by atoms with Gasteiger partial charge < -0.3 is 16.0 Å². The van der Waals surface area contributed by atoms with E-state index in [2.05, 4.69) is 15.3 Å². The first-order valence-electron chi connectivity index (χ1n) is 6.80. The molecule has 1 aliphatic rings. The van der Waals surface area contributed by atoms with Crippen molar-refractivity contribution in [2.24, 2.45) is 0 Å². The van der Waals surface area contributed by atoms with Crippen molar-refractivity contribution >= 4 is 17.5 Å². The summed E-state index contributed by atoms with van der Waals surface area (Å²) in [7, 11) is 0. The van der Waals surface area contributed by atoms with Gasteiger partial charge in [-0.15, -0.1) is 0 Å². The lowest BCUT2D eigenvalue weighted by molar-refractivity contribution is -0.119. The van der Waals surface area contributed by atoms with Crippen LogP contribution in [0.5, 0.6) is 0 Å². The highest BCUT2D eigenvalue weighted by atomic mass is 16.2. The van der Waals surface area contributed by atoms with Crippen molar-refractivity contribution in [1.29, 1.82) is 0 Å². The molecule has 1 aromatic heterocycles. The number of carbonyl (C=O) groups excluding carboxylic acids is 1. The molecule has 0 radical (unpaired) electrons. The molecule has 1 saturated carbocycles. The van der Waals surface area contributed by atoms with Gasteiger partial charge in [0, 0.05) is 25.1 Å². The summed E-state index contributed by atoms with van der Waals surface area (Å²) >= 11 is 0. The Morgan fingerprint density at radius 1 is 1.47 bits per heavy atom. The molecule has 0 saturated heterocycles. The highest BCUT2D eigenvalue weighted by Crippen LogP contribution is 2.38. The molecule has 1 fully saturated rings. The summed E-state index contributed by atoms with van der Waals surface area (Å²) < 4.78 is 0. The zero-order chi connectivity index (χ0) is 13.8. The van der Waals surface area contributed by atoms with Crippen LogP contribution in [0.3, 0.4) is 0 Å². The lowest BCUT2D eigenvalue weighted by Gasteiger charge is -2.21. The van der Waals surface area contributed by atoms with Crippen LogP contribution in [0.1, 0.15) is 38.4 Å². The van der Waals surface area contributed by atoms with Gasteiger partial charge in [0.15, 0.2) is 0 Å². The Kier molecular flexibility index (Phi) is 4.19. The molecule has 0 aliphatic heterocycles. The fourth-order valence-corrected chi connectivity index (χ4v) is 1.94.